The number of nitrogens with zero attached hydrogens (tertiary/aromatic N) is 1. The Hall–Kier alpha value is -1.30. The van der Waals surface area contributed by atoms with Crippen LogP contribution in [-0.2, 0) is 4.79 Å². The molecule has 15 heavy (non-hydrogen) atoms. The Kier molecular flexibility index (Phi) is 3.90. The molecule has 1 aliphatic carbocycles. The molecule has 0 aliphatic heterocycles. The summed E-state index contributed by atoms with van der Waals surface area (Å²) in [6.45, 7) is 0. The minimum Gasteiger partial charge on any atom is -0.480 e. The number of carbonyl (C=O) groups is 1. The molecule has 0 aromatic heterocycles. The average Bonchev–Trinajstić information content (AvgIpc) is 2.17. The van der Waals surface area contributed by atoms with Gasteiger partial charge in [-0.1, -0.05) is 0 Å². The van der Waals surface area contributed by atoms with Crippen LogP contribution >= 0.6 is 0 Å². The lowest BCUT2D eigenvalue weighted by Gasteiger charge is -2.28. The Labute approximate surface area is 88.5 Å². The van der Waals surface area contributed by atoms with Gasteiger partial charge in [-0.25, -0.2) is 0 Å². The van der Waals surface area contributed by atoms with Gasteiger partial charge in [0.25, 0.3) is 0 Å². The van der Waals surface area contributed by atoms with E-state index in [0.717, 1.165) is 25.7 Å². The predicted octanol–water partition coefficient (Wildman–Crippen LogP) is -0.769. The maximum Gasteiger partial charge on any atom is 0.320 e. The van der Waals surface area contributed by atoms with Gasteiger partial charge in [0.2, 0.25) is 0 Å². The van der Waals surface area contributed by atoms with E-state index in [1.807, 2.05) is 0 Å². The Morgan fingerprint density at radius 2 is 1.80 bits per heavy atom. The van der Waals surface area contributed by atoms with Crippen LogP contribution in [0.15, 0.2) is 4.99 Å². The molecule has 6 heteroatoms. The minimum absolute atomic E-state index is 0.0490. The van der Waals surface area contributed by atoms with Gasteiger partial charge in [0.1, 0.15) is 6.04 Å². The molecule has 1 atom stereocenters. The third-order valence-electron chi connectivity index (χ3n) is 2.87. The number of hydrogen-bond acceptors (Lipinski definition) is 3. The van der Waals surface area contributed by atoms with Crippen molar-refractivity contribution in [3.63, 3.8) is 0 Å². The first kappa shape index (κ1) is 11.8. The highest BCUT2D eigenvalue weighted by Gasteiger charge is 2.29. The molecule has 0 aromatic rings. The fourth-order valence-electron chi connectivity index (χ4n) is 2.00. The normalized spacial score (nSPS) is 28.1. The number of rotatable bonds is 3. The quantitative estimate of drug-likeness (QED) is 0.362. The van der Waals surface area contributed by atoms with Gasteiger partial charge in [-0.2, -0.15) is 0 Å². The Balaban J connectivity index is 2.42. The maximum absolute atomic E-state index is 10.7. The Morgan fingerprint density at radius 1 is 1.27 bits per heavy atom. The van der Waals surface area contributed by atoms with E-state index in [1.165, 1.54) is 0 Å². The summed E-state index contributed by atoms with van der Waals surface area (Å²) in [5.74, 6) is -0.783. The highest BCUT2D eigenvalue weighted by molar-refractivity contribution is 5.76. The average molecular weight is 214 g/mol. The van der Waals surface area contributed by atoms with Crippen molar-refractivity contribution in [1.29, 1.82) is 0 Å². The van der Waals surface area contributed by atoms with Crippen LogP contribution in [0, 0.1) is 5.92 Å². The summed E-state index contributed by atoms with van der Waals surface area (Å²) < 4.78 is 0. The van der Waals surface area contributed by atoms with Gasteiger partial charge in [0.15, 0.2) is 5.96 Å². The van der Waals surface area contributed by atoms with Crippen molar-refractivity contribution in [2.24, 2.45) is 28.1 Å². The third kappa shape index (κ3) is 3.39. The number of aliphatic imine (C=N–C) groups is 1. The van der Waals surface area contributed by atoms with Crippen molar-refractivity contribution in [2.75, 3.05) is 0 Å². The van der Waals surface area contributed by atoms with Crippen molar-refractivity contribution >= 4 is 11.9 Å². The van der Waals surface area contributed by atoms with E-state index in [0.29, 0.717) is 0 Å². The number of hydrogen-bond donors (Lipinski definition) is 4. The molecule has 1 saturated carbocycles. The summed E-state index contributed by atoms with van der Waals surface area (Å²) in [4.78, 5) is 14.7. The van der Waals surface area contributed by atoms with Gasteiger partial charge in [0, 0.05) is 0 Å². The van der Waals surface area contributed by atoms with Crippen molar-refractivity contribution in [1.82, 2.24) is 0 Å². The van der Waals surface area contributed by atoms with Gasteiger partial charge in [-0.3, -0.25) is 9.79 Å². The second kappa shape index (κ2) is 4.97. The van der Waals surface area contributed by atoms with Crippen LogP contribution in [0.1, 0.15) is 25.7 Å². The molecule has 0 aromatic carbocycles. The molecular weight excluding hydrogens is 196 g/mol. The molecule has 0 radical (unpaired) electrons. The minimum atomic E-state index is -0.930. The number of guanidine groups is 1. The Morgan fingerprint density at radius 3 is 2.20 bits per heavy atom. The van der Waals surface area contributed by atoms with Crippen molar-refractivity contribution in [2.45, 2.75) is 37.8 Å². The summed E-state index contributed by atoms with van der Waals surface area (Å²) >= 11 is 0. The smallest absolute Gasteiger partial charge is 0.320 e. The zero-order chi connectivity index (χ0) is 11.4. The van der Waals surface area contributed by atoms with E-state index in [1.54, 1.807) is 0 Å². The standard InChI is InChI=1S/C9H18N4O2/c10-7(8(14)15)5-1-3-6(4-2-5)13-9(11)12/h5-7H,1-4,10H2,(H,14,15)(H4,11,12,13)/t5?,6?,7-/m1/s1. The molecule has 7 N–H and O–H groups in total. The van der Waals surface area contributed by atoms with Crippen LogP contribution in [0.4, 0.5) is 0 Å². The fraction of sp³-hybridized carbons (Fsp3) is 0.778. The zero-order valence-electron chi connectivity index (χ0n) is 8.60. The number of carboxylic acids is 1. The van der Waals surface area contributed by atoms with E-state index in [2.05, 4.69) is 4.99 Å². The van der Waals surface area contributed by atoms with Gasteiger partial charge < -0.3 is 22.3 Å². The van der Waals surface area contributed by atoms with Crippen LogP contribution in [0.3, 0.4) is 0 Å². The van der Waals surface area contributed by atoms with Crippen LogP contribution < -0.4 is 17.2 Å². The summed E-state index contributed by atoms with van der Waals surface area (Å²) in [7, 11) is 0. The summed E-state index contributed by atoms with van der Waals surface area (Å²) in [6.07, 6.45) is 3.16. The van der Waals surface area contributed by atoms with Gasteiger partial charge >= 0.3 is 5.97 Å². The number of nitrogens with two attached hydrogens (primary N) is 3. The van der Waals surface area contributed by atoms with Crippen LogP contribution in [0.25, 0.3) is 0 Å². The van der Waals surface area contributed by atoms with Gasteiger partial charge in [0.05, 0.1) is 6.04 Å². The first-order valence-electron chi connectivity index (χ1n) is 5.08. The molecule has 86 valence electrons. The largest absolute Gasteiger partial charge is 0.480 e. The van der Waals surface area contributed by atoms with Gasteiger partial charge in [-0.15, -0.1) is 0 Å². The van der Waals surface area contributed by atoms with Gasteiger partial charge in [-0.05, 0) is 31.6 Å². The summed E-state index contributed by atoms with van der Waals surface area (Å²) in [5.41, 5.74) is 16.1. The first-order valence-corrected chi connectivity index (χ1v) is 5.08. The molecular formula is C9H18N4O2. The van der Waals surface area contributed by atoms with Crippen molar-refractivity contribution in [3.05, 3.63) is 0 Å². The molecule has 0 amide bonds. The van der Waals surface area contributed by atoms with E-state index in [9.17, 15) is 4.79 Å². The lowest BCUT2D eigenvalue weighted by molar-refractivity contribution is -0.140. The molecule has 0 saturated heterocycles. The molecule has 0 heterocycles. The number of aliphatic carboxylic acids is 1. The fourth-order valence-corrected chi connectivity index (χ4v) is 2.00. The topological polar surface area (TPSA) is 128 Å². The molecule has 0 bridgehead atoms. The SMILES string of the molecule is NC(N)=NC1CCC([C@@H](N)C(=O)O)CC1. The first-order chi connectivity index (χ1) is 7.00. The monoisotopic (exact) mass is 214 g/mol. The lowest BCUT2D eigenvalue weighted by atomic mass is 9.82. The summed E-state index contributed by atoms with van der Waals surface area (Å²) in [5, 5.41) is 8.75. The second-order valence-corrected chi connectivity index (χ2v) is 3.99. The van der Waals surface area contributed by atoms with Crippen molar-refractivity contribution in [3.8, 4) is 0 Å². The van der Waals surface area contributed by atoms with Crippen molar-refractivity contribution < 1.29 is 9.90 Å². The molecule has 1 fully saturated rings. The van der Waals surface area contributed by atoms with E-state index < -0.39 is 12.0 Å². The van der Waals surface area contributed by atoms with Crippen LogP contribution in [-0.4, -0.2) is 29.1 Å². The molecule has 0 spiro atoms. The zero-order valence-corrected chi connectivity index (χ0v) is 8.60. The van der Waals surface area contributed by atoms with Crippen LogP contribution in [0.5, 0.6) is 0 Å². The highest BCUT2D eigenvalue weighted by atomic mass is 16.4. The lowest BCUT2D eigenvalue weighted by Crippen LogP contribution is -2.40. The predicted molar refractivity (Wildman–Crippen MR) is 57.2 cm³/mol. The highest BCUT2D eigenvalue weighted by Crippen LogP contribution is 2.27. The van der Waals surface area contributed by atoms with E-state index >= 15 is 0 Å². The summed E-state index contributed by atoms with van der Waals surface area (Å²) in [6, 6.07) is -0.627. The molecule has 0 unspecified atom stereocenters. The molecule has 6 nitrogen and oxygen atoms in total. The maximum atomic E-state index is 10.7. The Bertz CT molecular complexity index is 255. The van der Waals surface area contributed by atoms with E-state index in [-0.39, 0.29) is 17.9 Å². The third-order valence-corrected chi connectivity index (χ3v) is 2.87. The van der Waals surface area contributed by atoms with E-state index in [4.69, 9.17) is 22.3 Å². The second-order valence-electron chi connectivity index (χ2n) is 3.99. The molecule has 1 aliphatic rings. The van der Waals surface area contributed by atoms with Crippen LogP contribution in [0.2, 0.25) is 0 Å². The molecule has 1 rings (SSSR count). The number of carboxylic acid groups (broad SMARTS) is 1.